The van der Waals surface area contributed by atoms with Crippen molar-refractivity contribution in [1.29, 1.82) is 0 Å². The minimum absolute atomic E-state index is 0.166. The molecule has 11 heavy (non-hydrogen) atoms. The zero-order valence-electron chi connectivity index (χ0n) is 6.30. The second kappa shape index (κ2) is 3.34. The molecule has 1 aromatic rings. The fraction of sp³-hybridized carbons (Fsp3) is 0.250. The molecule has 0 radical (unpaired) electrons. The standard InChI is InChI=1S/C8H10FNO/c1-11-5-6-2-3-7(9)8(10)4-6/h2-4H,5,10H2,1H3. The molecule has 0 unspecified atom stereocenters. The quantitative estimate of drug-likeness (QED) is 0.658. The van der Waals surface area contributed by atoms with E-state index in [1.807, 2.05) is 0 Å². The number of nitrogen functional groups attached to an aromatic ring is 1. The molecule has 60 valence electrons. The molecule has 3 heteroatoms. The predicted molar refractivity (Wildman–Crippen MR) is 41.5 cm³/mol. The minimum Gasteiger partial charge on any atom is -0.396 e. The molecular weight excluding hydrogens is 145 g/mol. The zero-order chi connectivity index (χ0) is 8.27. The van der Waals surface area contributed by atoms with Gasteiger partial charge in [-0.1, -0.05) is 6.07 Å². The van der Waals surface area contributed by atoms with Crippen LogP contribution in [0.2, 0.25) is 0 Å². The van der Waals surface area contributed by atoms with E-state index in [4.69, 9.17) is 10.5 Å². The van der Waals surface area contributed by atoms with Crippen LogP contribution in [0.5, 0.6) is 0 Å². The summed E-state index contributed by atoms with van der Waals surface area (Å²) < 4.78 is 17.4. The molecule has 0 aliphatic rings. The Hall–Kier alpha value is -1.09. The Morgan fingerprint density at radius 3 is 2.82 bits per heavy atom. The van der Waals surface area contributed by atoms with Crippen molar-refractivity contribution in [3.8, 4) is 0 Å². The second-order valence-corrected chi connectivity index (χ2v) is 2.29. The van der Waals surface area contributed by atoms with Gasteiger partial charge in [0.1, 0.15) is 5.82 Å². The molecule has 0 fully saturated rings. The van der Waals surface area contributed by atoms with Crippen molar-refractivity contribution in [2.75, 3.05) is 12.8 Å². The van der Waals surface area contributed by atoms with Crippen LogP contribution in [0.3, 0.4) is 0 Å². The number of ether oxygens (including phenoxy) is 1. The van der Waals surface area contributed by atoms with E-state index >= 15 is 0 Å². The highest BCUT2D eigenvalue weighted by Gasteiger charge is 1.97. The number of benzene rings is 1. The summed E-state index contributed by atoms with van der Waals surface area (Å²) in [5.74, 6) is -0.384. The van der Waals surface area contributed by atoms with Crippen molar-refractivity contribution in [2.24, 2.45) is 0 Å². The van der Waals surface area contributed by atoms with Crippen LogP contribution >= 0.6 is 0 Å². The van der Waals surface area contributed by atoms with Crippen molar-refractivity contribution in [3.63, 3.8) is 0 Å². The summed E-state index contributed by atoms with van der Waals surface area (Å²) in [6, 6.07) is 4.55. The third-order valence-corrected chi connectivity index (χ3v) is 1.37. The molecule has 0 heterocycles. The van der Waals surface area contributed by atoms with Crippen LogP contribution in [-0.2, 0) is 11.3 Å². The van der Waals surface area contributed by atoms with Crippen molar-refractivity contribution in [1.82, 2.24) is 0 Å². The summed E-state index contributed by atoms with van der Waals surface area (Å²) in [6.07, 6.45) is 0. The molecule has 0 atom stereocenters. The van der Waals surface area contributed by atoms with E-state index in [1.165, 1.54) is 6.07 Å². The topological polar surface area (TPSA) is 35.2 Å². The normalized spacial score (nSPS) is 10.0. The fourth-order valence-electron chi connectivity index (χ4n) is 0.850. The second-order valence-electron chi connectivity index (χ2n) is 2.29. The molecule has 0 spiro atoms. The number of halogens is 1. The van der Waals surface area contributed by atoms with E-state index in [0.717, 1.165) is 5.56 Å². The van der Waals surface area contributed by atoms with Gasteiger partial charge < -0.3 is 10.5 Å². The molecule has 0 aliphatic carbocycles. The summed E-state index contributed by atoms with van der Waals surface area (Å²) in [5.41, 5.74) is 6.37. The fourth-order valence-corrected chi connectivity index (χ4v) is 0.850. The SMILES string of the molecule is COCc1ccc(F)c(N)c1. The molecule has 0 saturated heterocycles. The number of anilines is 1. The van der Waals surface area contributed by atoms with Crippen molar-refractivity contribution in [3.05, 3.63) is 29.6 Å². The molecule has 1 rings (SSSR count). The van der Waals surface area contributed by atoms with Gasteiger partial charge >= 0.3 is 0 Å². The van der Waals surface area contributed by atoms with Gasteiger partial charge in [-0.05, 0) is 17.7 Å². The van der Waals surface area contributed by atoms with E-state index in [9.17, 15) is 4.39 Å². The number of hydrogen-bond donors (Lipinski definition) is 1. The lowest BCUT2D eigenvalue weighted by Crippen LogP contribution is -1.93. The molecule has 0 amide bonds. The van der Waals surface area contributed by atoms with E-state index in [0.29, 0.717) is 6.61 Å². The van der Waals surface area contributed by atoms with Crippen LogP contribution in [-0.4, -0.2) is 7.11 Å². The van der Waals surface area contributed by atoms with E-state index in [-0.39, 0.29) is 11.5 Å². The van der Waals surface area contributed by atoms with Gasteiger partial charge in [0.25, 0.3) is 0 Å². The minimum atomic E-state index is -0.384. The van der Waals surface area contributed by atoms with Crippen molar-refractivity contribution >= 4 is 5.69 Å². The number of nitrogens with two attached hydrogens (primary N) is 1. The largest absolute Gasteiger partial charge is 0.396 e. The van der Waals surface area contributed by atoms with Gasteiger partial charge in [-0.3, -0.25) is 0 Å². The molecule has 2 nitrogen and oxygen atoms in total. The predicted octanol–water partition coefficient (Wildman–Crippen LogP) is 1.55. The molecule has 0 aromatic heterocycles. The van der Waals surface area contributed by atoms with Crippen LogP contribution in [0.4, 0.5) is 10.1 Å². The van der Waals surface area contributed by atoms with Gasteiger partial charge in [-0.15, -0.1) is 0 Å². The first-order chi connectivity index (χ1) is 5.24. The Morgan fingerprint density at radius 2 is 2.27 bits per heavy atom. The summed E-state index contributed by atoms with van der Waals surface area (Å²) in [7, 11) is 1.58. The van der Waals surface area contributed by atoms with Crippen LogP contribution < -0.4 is 5.73 Å². The Bertz CT molecular complexity index is 250. The maximum atomic E-state index is 12.6. The van der Waals surface area contributed by atoms with Crippen LogP contribution in [0, 0.1) is 5.82 Å². The molecule has 0 saturated carbocycles. The Kier molecular flexibility index (Phi) is 2.44. The lowest BCUT2D eigenvalue weighted by molar-refractivity contribution is 0.185. The summed E-state index contributed by atoms with van der Waals surface area (Å²) in [4.78, 5) is 0. The lowest BCUT2D eigenvalue weighted by atomic mass is 10.2. The van der Waals surface area contributed by atoms with Crippen LogP contribution in [0.15, 0.2) is 18.2 Å². The van der Waals surface area contributed by atoms with E-state index in [1.54, 1.807) is 19.2 Å². The third-order valence-electron chi connectivity index (χ3n) is 1.37. The highest BCUT2D eigenvalue weighted by Crippen LogP contribution is 2.12. The maximum Gasteiger partial charge on any atom is 0.146 e. The highest BCUT2D eigenvalue weighted by atomic mass is 19.1. The maximum absolute atomic E-state index is 12.6. The average Bonchev–Trinajstić information content (AvgIpc) is 1.98. The Balaban J connectivity index is 2.86. The number of rotatable bonds is 2. The smallest absolute Gasteiger partial charge is 0.146 e. The molecular formula is C8H10FNO. The lowest BCUT2D eigenvalue weighted by Gasteiger charge is -2.00. The first-order valence-corrected chi connectivity index (χ1v) is 3.27. The van der Waals surface area contributed by atoms with Gasteiger partial charge in [0.2, 0.25) is 0 Å². The summed E-state index contributed by atoms with van der Waals surface area (Å²) in [6.45, 7) is 0.463. The monoisotopic (exact) mass is 155 g/mol. The first kappa shape index (κ1) is 8.01. The van der Waals surface area contributed by atoms with E-state index < -0.39 is 0 Å². The molecule has 2 N–H and O–H groups in total. The van der Waals surface area contributed by atoms with Crippen molar-refractivity contribution < 1.29 is 9.13 Å². The molecule has 0 aliphatic heterocycles. The van der Waals surface area contributed by atoms with Gasteiger partial charge in [0.15, 0.2) is 0 Å². The van der Waals surface area contributed by atoms with Gasteiger partial charge in [-0.2, -0.15) is 0 Å². The van der Waals surface area contributed by atoms with Gasteiger partial charge in [0, 0.05) is 7.11 Å². The van der Waals surface area contributed by atoms with Gasteiger partial charge in [-0.25, -0.2) is 4.39 Å². The Labute approximate surface area is 64.8 Å². The van der Waals surface area contributed by atoms with E-state index in [2.05, 4.69) is 0 Å². The first-order valence-electron chi connectivity index (χ1n) is 3.27. The highest BCUT2D eigenvalue weighted by molar-refractivity contribution is 5.42. The zero-order valence-corrected chi connectivity index (χ0v) is 6.30. The third kappa shape index (κ3) is 1.91. The van der Waals surface area contributed by atoms with Crippen molar-refractivity contribution in [2.45, 2.75) is 6.61 Å². The van der Waals surface area contributed by atoms with Crippen LogP contribution in [0.25, 0.3) is 0 Å². The van der Waals surface area contributed by atoms with Gasteiger partial charge in [0.05, 0.1) is 12.3 Å². The Morgan fingerprint density at radius 1 is 1.55 bits per heavy atom. The molecule has 0 bridgehead atoms. The van der Waals surface area contributed by atoms with Crippen LogP contribution in [0.1, 0.15) is 5.56 Å². The average molecular weight is 155 g/mol. The molecule has 1 aromatic carbocycles. The number of hydrogen-bond acceptors (Lipinski definition) is 2. The summed E-state index contributed by atoms with van der Waals surface area (Å²) in [5, 5.41) is 0. The number of methoxy groups -OCH3 is 1. The summed E-state index contributed by atoms with van der Waals surface area (Å²) >= 11 is 0.